The maximum atomic E-state index is 5.80. The Morgan fingerprint density at radius 2 is 2.11 bits per heavy atom. The molecule has 0 aromatic carbocycles. The van der Waals surface area contributed by atoms with Gasteiger partial charge in [-0.3, -0.25) is 0 Å². The van der Waals surface area contributed by atoms with Crippen LogP contribution in [0.4, 0.5) is 0 Å². The Bertz CT molecular complexity index is 407. The van der Waals surface area contributed by atoms with Gasteiger partial charge in [-0.05, 0) is 31.2 Å². The van der Waals surface area contributed by atoms with Crippen molar-refractivity contribution in [1.82, 2.24) is 9.88 Å². The van der Waals surface area contributed by atoms with E-state index in [-0.39, 0.29) is 0 Å². The average Bonchev–Trinajstić information content (AvgIpc) is 2.93. The summed E-state index contributed by atoms with van der Waals surface area (Å²) in [6.07, 6.45) is 8.41. The van der Waals surface area contributed by atoms with E-state index in [0.717, 1.165) is 24.0 Å². The van der Waals surface area contributed by atoms with E-state index in [1.54, 1.807) is 11.3 Å². The van der Waals surface area contributed by atoms with Crippen LogP contribution in [0.25, 0.3) is 0 Å². The number of hydrogen-bond donors (Lipinski definition) is 0. The molecule has 1 aromatic heterocycles. The summed E-state index contributed by atoms with van der Waals surface area (Å²) in [7, 11) is 0. The summed E-state index contributed by atoms with van der Waals surface area (Å²) in [5.41, 5.74) is 1.03. The molecule has 0 radical (unpaired) electrons. The second kappa shape index (κ2) is 6.55. The molecule has 2 aliphatic rings. The minimum absolute atomic E-state index is 0.546. The van der Waals surface area contributed by atoms with E-state index in [4.69, 9.17) is 11.6 Å². The molecule has 106 valence electrons. The number of aromatic nitrogens is 1. The molecule has 2 nitrogen and oxygen atoms in total. The minimum atomic E-state index is 0.546. The smallest absolute Gasteiger partial charge is 0.0941 e. The fourth-order valence-corrected chi connectivity index (χ4v) is 4.67. The van der Waals surface area contributed by atoms with Gasteiger partial charge in [-0.15, -0.1) is 22.9 Å². The standard InChI is InChI=1S/C15H23ClN2S/c16-9-14-11-19-15(17-14)6-8-18-7-5-12-3-1-2-4-13(12)10-18/h11-13H,1-10H2. The Morgan fingerprint density at radius 3 is 2.89 bits per heavy atom. The van der Waals surface area contributed by atoms with Gasteiger partial charge in [0.2, 0.25) is 0 Å². The van der Waals surface area contributed by atoms with E-state index in [1.165, 1.54) is 56.7 Å². The predicted molar refractivity (Wildman–Crippen MR) is 81.9 cm³/mol. The first-order valence-electron chi connectivity index (χ1n) is 7.57. The summed E-state index contributed by atoms with van der Waals surface area (Å²) in [4.78, 5) is 7.22. The van der Waals surface area contributed by atoms with Crippen molar-refractivity contribution >= 4 is 22.9 Å². The molecule has 0 N–H and O–H groups in total. The van der Waals surface area contributed by atoms with Gasteiger partial charge in [-0.2, -0.15) is 0 Å². The van der Waals surface area contributed by atoms with Crippen molar-refractivity contribution in [3.8, 4) is 0 Å². The molecule has 0 bridgehead atoms. The first kappa shape index (κ1) is 13.8. The van der Waals surface area contributed by atoms with E-state index in [0.29, 0.717) is 5.88 Å². The number of alkyl halides is 1. The summed E-state index contributed by atoms with van der Waals surface area (Å²) >= 11 is 7.56. The molecule has 0 amide bonds. The molecule has 1 aromatic rings. The maximum Gasteiger partial charge on any atom is 0.0941 e. The topological polar surface area (TPSA) is 16.1 Å². The lowest BCUT2D eigenvalue weighted by molar-refractivity contribution is 0.0877. The monoisotopic (exact) mass is 298 g/mol. The molecule has 0 spiro atoms. The highest BCUT2D eigenvalue weighted by molar-refractivity contribution is 7.09. The number of piperidine rings is 1. The molecule has 2 unspecified atom stereocenters. The Kier molecular flexibility index (Phi) is 4.78. The highest BCUT2D eigenvalue weighted by Gasteiger charge is 2.30. The van der Waals surface area contributed by atoms with Gasteiger partial charge >= 0.3 is 0 Å². The number of likely N-dealkylation sites (tertiary alicyclic amines) is 1. The maximum absolute atomic E-state index is 5.80. The average molecular weight is 299 g/mol. The van der Waals surface area contributed by atoms with Crippen LogP contribution in [0, 0.1) is 11.8 Å². The van der Waals surface area contributed by atoms with Gasteiger partial charge in [0.05, 0.1) is 16.6 Å². The highest BCUT2D eigenvalue weighted by atomic mass is 35.5. The Balaban J connectivity index is 1.48. The van der Waals surface area contributed by atoms with Crippen molar-refractivity contribution in [1.29, 1.82) is 0 Å². The normalized spacial score (nSPS) is 28.3. The highest BCUT2D eigenvalue weighted by Crippen LogP contribution is 2.36. The first-order chi connectivity index (χ1) is 9.35. The van der Waals surface area contributed by atoms with Crippen molar-refractivity contribution in [2.45, 2.75) is 44.4 Å². The van der Waals surface area contributed by atoms with Crippen LogP contribution in [0.3, 0.4) is 0 Å². The number of thiazole rings is 1. The van der Waals surface area contributed by atoms with Crippen LogP contribution in [0.2, 0.25) is 0 Å². The zero-order chi connectivity index (χ0) is 13.1. The second-order valence-electron chi connectivity index (χ2n) is 6.01. The number of hydrogen-bond acceptors (Lipinski definition) is 3. The van der Waals surface area contributed by atoms with E-state index >= 15 is 0 Å². The number of rotatable bonds is 4. The minimum Gasteiger partial charge on any atom is -0.303 e. The molecule has 2 atom stereocenters. The van der Waals surface area contributed by atoms with Crippen molar-refractivity contribution < 1.29 is 0 Å². The molecule has 2 heterocycles. The molecule has 1 aliphatic heterocycles. The lowest BCUT2D eigenvalue weighted by atomic mass is 9.75. The SMILES string of the molecule is ClCc1csc(CCN2CCC3CCCCC3C2)n1. The largest absolute Gasteiger partial charge is 0.303 e. The summed E-state index contributed by atoms with van der Waals surface area (Å²) in [6.45, 7) is 3.81. The van der Waals surface area contributed by atoms with Gasteiger partial charge in [0.25, 0.3) is 0 Å². The molecule has 1 saturated carbocycles. The molecule has 19 heavy (non-hydrogen) atoms. The summed E-state index contributed by atoms with van der Waals surface area (Å²) in [6, 6.07) is 0. The van der Waals surface area contributed by atoms with Gasteiger partial charge in [-0.1, -0.05) is 19.3 Å². The molecular weight excluding hydrogens is 276 g/mol. The zero-order valence-electron chi connectivity index (χ0n) is 11.5. The van der Waals surface area contributed by atoms with Crippen molar-refractivity contribution in [2.75, 3.05) is 19.6 Å². The second-order valence-corrected chi connectivity index (χ2v) is 7.22. The lowest BCUT2D eigenvalue weighted by Gasteiger charge is -2.41. The molecule has 1 aliphatic carbocycles. The van der Waals surface area contributed by atoms with E-state index in [1.807, 2.05) is 0 Å². The molecule has 3 rings (SSSR count). The number of fused-ring (bicyclic) bond motifs is 1. The van der Waals surface area contributed by atoms with Gasteiger partial charge in [0, 0.05) is 24.9 Å². The van der Waals surface area contributed by atoms with Gasteiger partial charge < -0.3 is 4.90 Å². The fraction of sp³-hybridized carbons (Fsp3) is 0.800. The summed E-state index contributed by atoms with van der Waals surface area (Å²) in [5, 5.41) is 3.34. The fourth-order valence-electron chi connectivity index (χ4n) is 3.66. The third-order valence-corrected chi connectivity index (χ3v) is 5.98. The van der Waals surface area contributed by atoms with Crippen LogP contribution in [0.1, 0.15) is 42.8 Å². The van der Waals surface area contributed by atoms with E-state index < -0.39 is 0 Å². The Hall–Kier alpha value is -0.120. The van der Waals surface area contributed by atoms with Crippen molar-refractivity contribution in [3.05, 3.63) is 16.1 Å². The van der Waals surface area contributed by atoms with Crippen LogP contribution < -0.4 is 0 Å². The Morgan fingerprint density at radius 1 is 1.26 bits per heavy atom. The Labute approximate surface area is 125 Å². The lowest BCUT2D eigenvalue weighted by Crippen LogP contribution is -2.42. The molecular formula is C15H23ClN2S. The quantitative estimate of drug-likeness (QED) is 0.783. The van der Waals surface area contributed by atoms with E-state index in [2.05, 4.69) is 15.3 Å². The van der Waals surface area contributed by atoms with Crippen LogP contribution >= 0.6 is 22.9 Å². The molecule has 4 heteroatoms. The summed E-state index contributed by atoms with van der Waals surface area (Å²) in [5.74, 6) is 2.56. The van der Waals surface area contributed by atoms with E-state index in [9.17, 15) is 0 Å². The van der Waals surface area contributed by atoms with Crippen LogP contribution in [0.5, 0.6) is 0 Å². The third-order valence-electron chi connectivity index (χ3n) is 4.75. The van der Waals surface area contributed by atoms with Crippen LogP contribution in [-0.2, 0) is 12.3 Å². The number of halogens is 1. The van der Waals surface area contributed by atoms with Gasteiger partial charge in [-0.25, -0.2) is 4.98 Å². The zero-order valence-corrected chi connectivity index (χ0v) is 13.1. The predicted octanol–water partition coefficient (Wildman–Crippen LogP) is 3.94. The van der Waals surface area contributed by atoms with Gasteiger partial charge in [0.15, 0.2) is 0 Å². The van der Waals surface area contributed by atoms with Crippen molar-refractivity contribution in [3.63, 3.8) is 0 Å². The first-order valence-corrected chi connectivity index (χ1v) is 8.98. The molecule has 2 fully saturated rings. The third kappa shape index (κ3) is 3.50. The number of nitrogens with zero attached hydrogens (tertiary/aromatic N) is 2. The summed E-state index contributed by atoms with van der Waals surface area (Å²) < 4.78 is 0. The van der Waals surface area contributed by atoms with Crippen molar-refractivity contribution in [2.24, 2.45) is 11.8 Å². The van der Waals surface area contributed by atoms with Crippen LogP contribution in [0.15, 0.2) is 5.38 Å². The molecule has 1 saturated heterocycles. The van der Waals surface area contributed by atoms with Gasteiger partial charge in [0.1, 0.15) is 0 Å². The van der Waals surface area contributed by atoms with Crippen LogP contribution in [-0.4, -0.2) is 29.5 Å².